The van der Waals surface area contributed by atoms with Gasteiger partial charge in [0.25, 0.3) is 0 Å². The molecule has 4 fully saturated rings. The van der Waals surface area contributed by atoms with Gasteiger partial charge in [-0.25, -0.2) is 0 Å². The average molecular weight is 767 g/mol. The van der Waals surface area contributed by atoms with E-state index >= 15 is 0 Å². The number of carboxylic acid groups (broad SMARTS) is 2. The summed E-state index contributed by atoms with van der Waals surface area (Å²) in [4.78, 5) is 21.0. The SMILES string of the molecule is CCCCC[C@H](O)/C=C/[C@H]1[C@H](O)C[C@]2(C)C/C(=C/CCCC(=O)[O-])C[C@H]12.CCCCC[C@H](O)/C=C/[C@H]1[C@H](O)C[C@]2(C)C/C(=C\CCCC(=O)[O-])C[C@H]12.[Ca+2]. The van der Waals surface area contributed by atoms with Gasteiger partial charge in [-0.2, -0.15) is 0 Å². The third-order valence-corrected chi connectivity index (χ3v) is 12.5. The van der Waals surface area contributed by atoms with Crippen molar-refractivity contribution in [1.82, 2.24) is 0 Å². The largest absolute Gasteiger partial charge is 2.00 e. The number of aliphatic carboxylic acids is 2. The first kappa shape index (κ1) is 48.1. The second-order valence-electron chi connectivity index (χ2n) is 17.1. The molecule has 0 radical (unpaired) electrons. The molecule has 0 bridgehead atoms. The summed E-state index contributed by atoms with van der Waals surface area (Å²) in [6.07, 6.45) is 27.6. The number of hydrogen-bond donors (Lipinski definition) is 4. The smallest absolute Gasteiger partial charge is 0.550 e. The first-order valence-corrected chi connectivity index (χ1v) is 20.6. The van der Waals surface area contributed by atoms with Crippen LogP contribution in [0.4, 0.5) is 0 Å². The molecule has 53 heavy (non-hydrogen) atoms. The van der Waals surface area contributed by atoms with Crippen molar-refractivity contribution < 1.29 is 40.2 Å². The number of aliphatic hydroxyl groups excluding tert-OH is 4. The Morgan fingerprint density at radius 3 is 1.42 bits per heavy atom. The Labute approximate surface area is 350 Å². The summed E-state index contributed by atoms with van der Waals surface area (Å²) < 4.78 is 0. The Morgan fingerprint density at radius 2 is 1.08 bits per heavy atom. The topological polar surface area (TPSA) is 161 Å². The van der Waals surface area contributed by atoms with Crippen molar-refractivity contribution in [2.75, 3.05) is 0 Å². The Balaban J connectivity index is 0.000000360. The Kier molecular flexibility index (Phi) is 21.7. The van der Waals surface area contributed by atoms with Crippen LogP contribution in [0.2, 0.25) is 0 Å². The molecule has 10 atom stereocenters. The predicted octanol–water partition coefficient (Wildman–Crippen LogP) is 5.87. The van der Waals surface area contributed by atoms with Crippen molar-refractivity contribution in [1.29, 1.82) is 0 Å². The van der Waals surface area contributed by atoms with Gasteiger partial charge in [-0.05, 0) is 113 Å². The van der Waals surface area contributed by atoms with E-state index in [0.717, 1.165) is 103 Å². The molecule has 4 N–H and O–H groups in total. The molecule has 0 aliphatic heterocycles. The number of aliphatic hydroxyl groups is 4. The van der Waals surface area contributed by atoms with E-state index < -0.39 is 24.1 Å². The van der Waals surface area contributed by atoms with E-state index in [1.165, 1.54) is 11.1 Å². The third-order valence-electron chi connectivity index (χ3n) is 12.5. The molecule has 0 amide bonds. The first-order valence-electron chi connectivity index (χ1n) is 20.6. The van der Waals surface area contributed by atoms with E-state index in [4.69, 9.17) is 0 Å². The van der Waals surface area contributed by atoms with Crippen molar-refractivity contribution in [3.8, 4) is 0 Å². The molecule has 4 rings (SSSR count). The molecule has 4 saturated carbocycles. The second kappa shape index (κ2) is 23.9. The monoisotopic (exact) mass is 766 g/mol. The summed E-state index contributed by atoms with van der Waals surface area (Å²) in [6, 6.07) is 0. The van der Waals surface area contributed by atoms with E-state index in [1.807, 2.05) is 12.2 Å². The van der Waals surface area contributed by atoms with Crippen LogP contribution in [-0.2, 0) is 9.59 Å². The molecule has 4 aliphatic carbocycles. The molecule has 0 heterocycles. The predicted molar refractivity (Wildman–Crippen MR) is 208 cm³/mol. The molecule has 296 valence electrons. The molecular formula is C44H70CaO8. The number of unbranched alkanes of at least 4 members (excludes halogenated alkanes) is 6. The maximum Gasteiger partial charge on any atom is 2.00 e. The number of carbonyl (C=O) groups excluding carboxylic acids is 2. The van der Waals surface area contributed by atoms with E-state index in [2.05, 4.69) is 52.0 Å². The molecule has 4 aliphatic rings. The fourth-order valence-electron chi connectivity index (χ4n) is 9.77. The molecular weight excluding hydrogens is 697 g/mol. The zero-order valence-corrected chi connectivity index (χ0v) is 35.6. The van der Waals surface area contributed by atoms with Gasteiger partial charge in [0, 0.05) is 23.8 Å². The van der Waals surface area contributed by atoms with Gasteiger partial charge in [-0.15, -0.1) is 0 Å². The van der Waals surface area contributed by atoms with E-state index in [-0.39, 0.29) is 85.5 Å². The van der Waals surface area contributed by atoms with Gasteiger partial charge in [0.1, 0.15) is 0 Å². The third kappa shape index (κ3) is 15.5. The van der Waals surface area contributed by atoms with Crippen molar-refractivity contribution in [3.05, 3.63) is 47.6 Å². The Bertz CT molecular complexity index is 1150. The van der Waals surface area contributed by atoms with Gasteiger partial charge in [-0.3, -0.25) is 0 Å². The van der Waals surface area contributed by atoms with Crippen LogP contribution < -0.4 is 10.2 Å². The average Bonchev–Trinajstić information content (AvgIpc) is 3.71. The fraction of sp³-hybridized carbons (Fsp3) is 0.773. The molecule has 0 saturated heterocycles. The van der Waals surface area contributed by atoms with Crippen LogP contribution in [0, 0.1) is 34.5 Å². The van der Waals surface area contributed by atoms with E-state index in [1.54, 1.807) is 0 Å². The molecule has 0 aromatic rings. The summed E-state index contributed by atoms with van der Waals surface area (Å²) in [5.74, 6) is -0.938. The number of carboxylic acids is 2. The van der Waals surface area contributed by atoms with Crippen molar-refractivity contribution in [2.45, 2.75) is 181 Å². The standard InChI is InChI=1S/2C22H36O4.Ca/c2*1-3-4-5-9-17(23)11-12-18-19-13-16(8-6-7-10-21(25)26)14-22(19,2)15-20(18)24;/h2*8,11-12,17-20,23-24H,3-7,9-10,13-15H2,1-2H3,(H,25,26);/q;;+2/p-2/b12-11+,16-8+;12-11+,16-8-;/t2*17-,18+,19+,20+,22-;/m00./s1. The Morgan fingerprint density at radius 1 is 0.698 bits per heavy atom. The summed E-state index contributed by atoms with van der Waals surface area (Å²) in [6.45, 7) is 8.83. The molecule has 0 aromatic carbocycles. The summed E-state index contributed by atoms with van der Waals surface area (Å²) >= 11 is 0. The van der Waals surface area contributed by atoms with Crippen LogP contribution in [0.25, 0.3) is 0 Å². The zero-order valence-electron chi connectivity index (χ0n) is 33.4. The Hall–Kier alpha value is -1.00. The first-order chi connectivity index (χ1) is 24.7. The summed E-state index contributed by atoms with van der Waals surface area (Å²) in [7, 11) is 0. The number of hydrogen-bond acceptors (Lipinski definition) is 8. The minimum absolute atomic E-state index is 0. The molecule has 9 heteroatoms. The molecule has 0 aromatic heterocycles. The number of carbonyl (C=O) groups is 2. The van der Waals surface area contributed by atoms with Gasteiger partial charge in [-0.1, -0.05) is 114 Å². The molecule has 8 nitrogen and oxygen atoms in total. The van der Waals surface area contributed by atoms with Crippen LogP contribution in [0.5, 0.6) is 0 Å². The number of rotatable bonds is 20. The van der Waals surface area contributed by atoms with Gasteiger partial charge >= 0.3 is 37.7 Å². The van der Waals surface area contributed by atoms with Gasteiger partial charge < -0.3 is 40.2 Å². The van der Waals surface area contributed by atoms with Crippen LogP contribution in [-0.4, -0.2) is 94.5 Å². The van der Waals surface area contributed by atoms with Crippen molar-refractivity contribution in [2.24, 2.45) is 34.5 Å². The minimum atomic E-state index is -0.982. The van der Waals surface area contributed by atoms with Gasteiger partial charge in [0.05, 0.1) is 24.4 Å². The van der Waals surface area contributed by atoms with Crippen LogP contribution in [0.1, 0.15) is 156 Å². The summed E-state index contributed by atoms with van der Waals surface area (Å²) in [5.41, 5.74) is 3.01. The molecule has 0 unspecified atom stereocenters. The zero-order chi connectivity index (χ0) is 38.3. The second-order valence-corrected chi connectivity index (χ2v) is 17.1. The number of allylic oxidation sites excluding steroid dienone is 4. The summed E-state index contributed by atoms with van der Waals surface area (Å²) in [5, 5.41) is 62.3. The van der Waals surface area contributed by atoms with Crippen LogP contribution >= 0.6 is 0 Å². The maximum absolute atomic E-state index is 10.5. The van der Waals surface area contributed by atoms with Crippen molar-refractivity contribution in [3.63, 3.8) is 0 Å². The quantitative estimate of drug-likeness (QED) is 0.0680. The van der Waals surface area contributed by atoms with E-state index in [9.17, 15) is 40.2 Å². The van der Waals surface area contributed by atoms with Gasteiger partial charge in [0.2, 0.25) is 0 Å². The van der Waals surface area contributed by atoms with E-state index in [0.29, 0.717) is 24.7 Å². The van der Waals surface area contributed by atoms with Crippen molar-refractivity contribution >= 4 is 49.7 Å². The minimum Gasteiger partial charge on any atom is -0.550 e. The van der Waals surface area contributed by atoms with Crippen LogP contribution in [0.15, 0.2) is 47.6 Å². The van der Waals surface area contributed by atoms with Gasteiger partial charge in [0.15, 0.2) is 0 Å². The van der Waals surface area contributed by atoms with Crippen LogP contribution in [0.3, 0.4) is 0 Å². The molecule has 0 spiro atoms. The normalized spacial score (nSPS) is 33.2. The number of fused-ring (bicyclic) bond motifs is 2. The maximum atomic E-state index is 10.5. The fourth-order valence-corrected chi connectivity index (χ4v) is 9.77.